The number of piperazine rings is 1. The van der Waals surface area contributed by atoms with Gasteiger partial charge in [-0.3, -0.25) is 4.98 Å². The summed E-state index contributed by atoms with van der Waals surface area (Å²) >= 11 is 3.25. The molecule has 2 heterocycles. The molecule has 0 radical (unpaired) electrons. The van der Waals surface area contributed by atoms with Crippen molar-refractivity contribution >= 4 is 26.0 Å². The second kappa shape index (κ2) is 5.64. The maximum Gasteiger partial charge on any atom is 0.244 e. The average Bonchev–Trinajstić information content (AvgIpc) is 2.39. The summed E-state index contributed by atoms with van der Waals surface area (Å²) in [7, 11) is -3.40. The van der Waals surface area contributed by atoms with Crippen molar-refractivity contribution in [2.24, 2.45) is 0 Å². The van der Waals surface area contributed by atoms with Crippen LogP contribution in [0, 0.1) is 0 Å². The lowest BCUT2D eigenvalue weighted by atomic mass is 10.4. The number of sulfonamides is 1. The molecule has 0 aromatic carbocycles. The number of halogens is 1. The third kappa shape index (κ3) is 2.90. The van der Waals surface area contributed by atoms with Crippen molar-refractivity contribution in [1.29, 1.82) is 0 Å². The lowest BCUT2D eigenvalue weighted by molar-refractivity contribution is 0.196. The van der Waals surface area contributed by atoms with Gasteiger partial charge in [0.25, 0.3) is 0 Å². The summed E-state index contributed by atoms with van der Waals surface area (Å²) in [4.78, 5) is 6.41. The van der Waals surface area contributed by atoms with Gasteiger partial charge in [-0.15, -0.1) is 0 Å². The molecule has 0 unspecified atom stereocenters. The van der Waals surface area contributed by atoms with Crippen LogP contribution in [0.4, 0.5) is 0 Å². The molecule has 0 spiro atoms. The van der Waals surface area contributed by atoms with Gasteiger partial charge >= 0.3 is 0 Å². The van der Waals surface area contributed by atoms with E-state index in [-0.39, 0.29) is 4.90 Å². The molecule has 1 aromatic rings. The average molecular weight is 334 g/mol. The Morgan fingerprint density at radius 3 is 2.50 bits per heavy atom. The Morgan fingerprint density at radius 1 is 1.28 bits per heavy atom. The van der Waals surface area contributed by atoms with E-state index < -0.39 is 10.0 Å². The number of pyridine rings is 1. The van der Waals surface area contributed by atoms with Gasteiger partial charge in [0.15, 0.2) is 0 Å². The van der Waals surface area contributed by atoms with Gasteiger partial charge < -0.3 is 4.90 Å². The fraction of sp³-hybridized carbons (Fsp3) is 0.545. The lowest BCUT2D eigenvalue weighted by Gasteiger charge is -2.33. The Labute approximate surface area is 116 Å². The summed E-state index contributed by atoms with van der Waals surface area (Å²) in [5.41, 5.74) is 0. The van der Waals surface area contributed by atoms with E-state index in [1.54, 1.807) is 12.3 Å². The van der Waals surface area contributed by atoms with Gasteiger partial charge in [0, 0.05) is 43.0 Å². The molecule has 1 aliphatic heterocycles. The van der Waals surface area contributed by atoms with Crippen molar-refractivity contribution in [2.45, 2.75) is 11.8 Å². The molecule has 7 heteroatoms. The molecular weight excluding hydrogens is 318 g/mol. The molecule has 0 atom stereocenters. The molecule has 0 N–H and O–H groups in total. The first-order chi connectivity index (χ1) is 8.54. The molecule has 18 heavy (non-hydrogen) atoms. The summed E-state index contributed by atoms with van der Waals surface area (Å²) in [6.07, 6.45) is 2.97. The van der Waals surface area contributed by atoms with E-state index in [9.17, 15) is 8.42 Å². The molecule has 0 bridgehead atoms. The summed E-state index contributed by atoms with van der Waals surface area (Å²) in [6.45, 7) is 5.72. The van der Waals surface area contributed by atoms with Crippen LogP contribution >= 0.6 is 15.9 Å². The second-order valence-electron chi connectivity index (χ2n) is 4.18. The van der Waals surface area contributed by atoms with Crippen LogP contribution in [-0.2, 0) is 10.0 Å². The van der Waals surface area contributed by atoms with Crippen LogP contribution in [0.25, 0.3) is 0 Å². The number of hydrogen-bond acceptors (Lipinski definition) is 4. The predicted octanol–water partition coefficient (Wildman–Crippen LogP) is 1.17. The molecule has 0 amide bonds. The second-order valence-corrected chi connectivity index (χ2v) is 7.03. The zero-order chi connectivity index (χ0) is 13.2. The van der Waals surface area contributed by atoms with Crippen LogP contribution in [-0.4, -0.2) is 55.3 Å². The summed E-state index contributed by atoms with van der Waals surface area (Å²) in [5, 5.41) is 0. The Hall–Kier alpha value is -0.500. The smallest absolute Gasteiger partial charge is 0.244 e. The molecule has 1 aromatic heterocycles. The third-order valence-corrected chi connectivity index (χ3v) is 5.39. The van der Waals surface area contributed by atoms with Crippen LogP contribution in [0.15, 0.2) is 27.8 Å². The normalized spacial score (nSPS) is 19.0. The molecule has 0 aliphatic carbocycles. The zero-order valence-corrected chi connectivity index (χ0v) is 12.6. The van der Waals surface area contributed by atoms with Gasteiger partial charge in [-0.05, 0) is 28.5 Å². The van der Waals surface area contributed by atoms with Gasteiger partial charge in [-0.2, -0.15) is 4.31 Å². The summed E-state index contributed by atoms with van der Waals surface area (Å²) in [5.74, 6) is 0. The minimum absolute atomic E-state index is 0.252. The van der Waals surface area contributed by atoms with Crippen LogP contribution in [0.2, 0.25) is 0 Å². The van der Waals surface area contributed by atoms with Gasteiger partial charge in [0.05, 0.1) is 0 Å². The standard InChI is InChI=1S/C11H16BrN3O2S/c1-2-14-3-5-15(6-4-14)18(16,17)11-7-10(12)8-13-9-11/h7-9H,2-6H2,1H3. The minimum Gasteiger partial charge on any atom is -0.301 e. The third-order valence-electron chi connectivity index (χ3n) is 3.10. The number of nitrogens with zero attached hydrogens (tertiary/aromatic N) is 3. The van der Waals surface area contributed by atoms with Gasteiger partial charge in [0.1, 0.15) is 4.90 Å². The molecule has 1 fully saturated rings. The van der Waals surface area contributed by atoms with Crippen molar-refractivity contribution in [3.05, 3.63) is 22.9 Å². The predicted molar refractivity (Wildman–Crippen MR) is 72.8 cm³/mol. The van der Waals surface area contributed by atoms with Crippen molar-refractivity contribution in [1.82, 2.24) is 14.2 Å². The first-order valence-corrected chi connectivity index (χ1v) is 8.10. The lowest BCUT2D eigenvalue weighted by Crippen LogP contribution is -2.48. The van der Waals surface area contributed by atoms with Gasteiger partial charge in [-0.1, -0.05) is 6.92 Å². The Bertz CT molecular complexity index is 513. The quantitative estimate of drug-likeness (QED) is 0.833. The molecule has 0 saturated carbocycles. The highest BCUT2D eigenvalue weighted by molar-refractivity contribution is 9.10. The van der Waals surface area contributed by atoms with Crippen molar-refractivity contribution in [3.63, 3.8) is 0 Å². The molecule has 1 saturated heterocycles. The maximum absolute atomic E-state index is 12.4. The number of likely N-dealkylation sites (N-methyl/N-ethyl adjacent to an activating group) is 1. The van der Waals surface area contributed by atoms with Crippen molar-refractivity contribution < 1.29 is 8.42 Å². The Kier molecular flexibility index (Phi) is 4.37. The summed E-state index contributed by atoms with van der Waals surface area (Å²) in [6, 6.07) is 1.59. The summed E-state index contributed by atoms with van der Waals surface area (Å²) < 4.78 is 27.0. The highest BCUT2D eigenvalue weighted by Crippen LogP contribution is 2.19. The van der Waals surface area contributed by atoms with Gasteiger partial charge in [-0.25, -0.2) is 8.42 Å². The molecular formula is C11H16BrN3O2S. The monoisotopic (exact) mass is 333 g/mol. The van der Waals surface area contributed by atoms with Crippen molar-refractivity contribution in [2.75, 3.05) is 32.7 Å². The SMILES string of the molecule is CCN1CCN(S(=O)(=O)c2cncc(Br)c2)CC1. The largest absolute Gasteiger partial charge is 0.301 e. The van der Waals surface area contributed by atoms with Crippen LogP contribution in [0.3, 0.4) is 0 Å². The topological polar surface area (TPSA) is 53.5 Å². The molecule has 2 rings (SSSR count). The molecule has 5 nitrogen and oxygen atoms in total. The van der Waals surface area contributed by atoms with E-state index in [0.29, 0.717) is 17.6 Å². The van der Waals surface area contributed by atoms with E-state index in [1.165, 1.54) is 10.5 Å². The van der Waals surface area contributed by atoms with E-state index in [0.717, 1.165) is 19.6 Å². The fourth-order valence-electron chi connectivity index (χ4n) is 1.97. The number of hydrogen-bond donors (Lipinski definition) is 0. The zero-order valence-electron chi connectivity index (χ0n) is 10.2. The van der Waals surface area contributed by atoms with Crippen molar-refractivity contribution in [3.8, 4) is 0 Å². The maximum atomic E-state index is 12.4. The van der Waals surface area contributed by atoms with E-state index in [2.05, 4.69) is 32.7 Å². The van der Waals surface area contributed by atoms with Gasteiger partial charge in [0.2, 0.25) is 10.0 Å². The minimum atomic E-state index is -3.40. The molecule has 1 aliphatic rings. The van der Waals surface area contributed by atoms with E-state index >= 15 is 0 Å². The molecule has 100 valence electrons. The Morgan fingerprint density at radius 2 is 1.94 bits per heavy atom. The fourth-order valence-corrected chi connectivity index (χ4v) is 3.90. The van der Waals surface area contributed by atoms with Crippen LogP contribution in [0.1, 0.15) is 6.92 Å². The van der Waals surface area contributed by atoms with Crippen LogP contribution in [0.5, 0.6) is 0 Å². The first-order valence-electron chi connectivity index (χ1n) is 5.87. The first kappa shape index (κ1) is 13.9. The number of aromatic nitrogens is 1. The van der Waals surface area contributed by atoms with Crippen LogP contribution < -0.4 is 0 Å². The van der Waals surface area contributed by atoms with E-state index in [1.807, 2.05) is 0 Å². The van der Waals surface area contributed by atoms with E-state index in [4.69, 9.17) is 0 Å². The Balaban J connectivity index is 2.17. The highest BCUT2D eigenvalue weighted by atomic mass is 79.9. The highest BCUT2D eigenvalue weighted by Gasteiger charge is 2.28. The number of rotatable bonds is 3.